The van der Waals surface area contributed by atoms with Crippen LogP contribution in [-0.2, 0) is 6.42 Å². The third-order valence-electron chi connectivity index (χ3n) is 1.85. The topological polar surface area (TPSA) is 56.2 Å². The van der Waals surface area contributed by atoms with E-state index in [4.69, 9.17) is 5.73 Å². The zero-order chi connectivity index (χ0) is 9.26. The van der Waals surface area contributed by atoms with E-state index in [1.165, 1.54) is 5.56 Å². The molecule has 2 aromatic rings. The number of halogens is 1. The molecule has 0 aliphatic heterocycles. The molecule has 4 nitrogen and oxygen atoms in total. The molecule has 0 fully saturated rings. The van der Waals surface area contributed by atoms with Crippen molar-refractivity contribution in [3.05, 3.63) is 28.6 Å². The zero-order valence-electron chi connectivity index (χ0n) is 6.94. The van der Waals surface area contributed by atoms with Gasteiger partial charge in [0.25, 0.3) is 0 Å². The molecule has 0 radical (unpaired) electrons. The summed E-state index contributed by atoms with van der Waals surface area (Å²) >= 11 is 3.31. The fourth-order valence-electron chi connectivity index (χ4n) is 1.22. The van der Waals surface area contributed by atoms with Crippen LogP contribution in [0.2, 0.25) is 0 Å². The minimum atomic E-state index is 0.658. The third-order valence-corrected chi connectivity index (χ3v) is 2.40. The van der Waals surface area contributed by atoms with Gasteiger partial charge in [-0.3, -0.25) is 4.40 Å². The van der Waals surface area contributed by atoms with E-state index in [2.05, 4.69) is 26.1 Å². The van der Waals surface area contributed by atoms with Gasteiger partial charge in [0.15, 0.2) is 5.65 Å². The molecule has 2 rings (SSSR count). The second-order valence-corrected chi connectivity index (χ2v) is 3.48. The average molecular weight is 241 g/mol. The van der Waals surface area contributed by atoms with Crippen molar-refractivity contribution in [2.24, 2.45) is 5.73 Å². The fraction of sp³-hybridized carbons (Fsp3) is 0.250. The summed E-state index contributed by atoms with van der Waals surface area (Å²) < 4.78 is 2.62. The summed E-state index contributed by atoms with van der Waals surface area (Å²) in [5.41, 5.74) is 7.50. The Morgan fingerprint density at radius 3 is 3.00 bits per heavy atom. The normalized spacial score (nSPS) is 10.9. The number of fused-ring (bicyclic) bond motifs is 1. The van der Waals surface area contributed by atoms with E-state index >= 15 is 0 Å². The molecule has 0 aliphatic carbocycles. The highest BCUT2D eigenvalue weighted by molar-refractivity contribution is 9.10. The monoisotopic (exact) mass is 240 g/mol. The molecule has 0 amide bonds. The molecule has 0 aromatic carbocycles. The molecule has 0 spiro atoms. The lowest BCUT2D eigenvalue weighted by Crippen LogP contribution is -2.03. The number of hydrogen-bond donors (Lipinski definition) is 1. The minimum absolute atomic E-state index is 0.658. The first-order valence-corrected chi connectivity index (χ1v) is 4.80. The Labute approximate surface area is 83.9 Å². The van der Waals surface area contributed by atoms with E-state index in [-0.39, 0.29) is 0 Å². The van der Waals surface area contributed by atoms with Crippen LogP contribution in [0.3, 0.4) is 0 Å². The van der Waals surface area contributed by atoms with Crippen LogP contribution in [0.1, 0.15) is 5.56 Å². The van der Waals surface area contributed by atoms with Gasteiger partial charge in [0.2, 0.25) is 4.73 Å². The zero-order valence-corrected chi connectivity index (χ0v) is 8.53. The summed E-state index contributed by atoms with van der Waals surface area (Å²) in [6, 6.07) is 3.95. The summed E-state index contributed by atoms with van der Waals surface area (Å²) in [5.74, 6) is 0. The molecule has 2 N–H and O–H groups in total. The number of hydrogen-bond acceptors (Lipinski definition) is 3. The van der Waals surface area contributed by atoms with Crippen molar-refractivity contribution in [2.75, 3.05) is 6.54 Å². The highest BCUT2D eigenvalue weighted by Gasteiger charge is 2.01. The fourth-order valence-corrected chi connectivity index (χ4v) is 1.58. The number of rotatable bonds is 2. The van der Waals surface area contributed by atoms with Gasteiger partial charge in [-0.1, -0.05) is 6.07 Å². The lowest BCUT2D eigenvalue weighted by Gasteiger charge is -1.99. The van der Waals surface area contributed by atoms with Crippen LogP contribution in [0.15, 0.2) is 23.1 Å². The summed E-state index contributed by atoms with van der Waals surface area (Å²) in [7, 11) is 0. The van der Waals surface area contributed by atoms with Gasteiger partial charge in [-0.15, -0.1) is 10.2 Å². The van der Waals surface area contributed by atoms with Crippen molar-refractivity contribution in [3.63, 3.8) is 0 Å². The molecule has 2 heterocycles. The van der Waals surface area contributed by atoms with Crippen LogP contribution in [0, 0.1) is 0 Å². The van der Waals surface area contributed by atoms with Gasteiger partial charge in [-0.2, -0.15) is 0 Å². The summed E-state index contributed by atoms with van der Waals surface area (Å²) in [5, 5.41) is 7.85. The van der Waals surface area contributed by atoms with E-state index in [9.17, 15) is 0 Å². The van der Waals surface area contributed by atoms with Crippen LogP contribution in [0.5, 0.6) is 0 Å². The molecule has 0 aliphatic rings. The second-order valence-electron chi connectivity index (χ2n) is 2.77. The van der Waals surface area contributed by atoms with Gasteiger partial charge in [0, 0.05) is 6.20 Å². The van der Waals surface area contributed by atoms with Crippen LogP contribution >= 0.6 is 15.9 Å². The number of pyridine rings is 1. The minimum Gasteiger partial charge on any atom is -0.330 e. The lowest BCUT2D eigenvalue weighted by molar-refractivity contribution is 0.946. The maximum Gasteiger partial charge on any atom is 0.204 e. The van der Waals surface area contributed by atoms with Crippen LogP contribution in [0.4, 0.5) is 0 Å². The van der Waals surface area contributed by atoms with Gasteiger partial charge < -0.3 is 5.73 Å². The highest BCUT2D eigenvalue weighted by Crippen LogP contribution is 2.11. The van der Waals surface area contributed by atoms with Crippen molar-refractivity contribution in [2.45, 2.75) is 6.42 Å². The first-order chi connectivity index (χ1) is 6.31. The van der Waals surface area contributed by atoms with Crippen molar-refractivity contribution >= 4 is 21.6 Å². The second kappa shape index (κ2) is 3.43. The molecule has 2 aromatic heterocycles. The SMILES string of the molecule is NCCc1ccc2nnc(Br)n2c1. The Morgan fingerprint density at radius 1 is 1.38 bits per heavy atom. The summed E-state index contributed by atoms with van der Waals surface area (Å²) in [6.45, 7) is 0.658. The van der Waals surface area contributed by atoms with E-state index in [1.54, 1.807) is 0 Å². The van der Waals surface area contributed by atoms with E-state index in [1.807, 2.05) is 22.7 Å². The number of aromatic nitrogens is 3. The van der Waals surface area contributed by atoms with Crippen molar-refractivity contribution in [1.82, 2.24) is 14.6 Å². The van der Waals surface area contributed by atoms with E-state index < -0.39 is 0 Å². The predicted octanol–water partition coefficient (Wildman–Crippen LogP) is 0.993. The maximum atomic E-state index is 5.47. The maximum absolute atomic E-state index is 5.47. The van der Waals surface area contributed by atoms with Gasteiger partial charge in [-0.05, 0) is 40.5 Å². The molecule has 5 heteroatoms. The van der Waals surface area contributed by atoms with Crippen molar-refractivity contribution in [1.29, 1.82) is 0 Å². The predicted molar refractivity (Wildman–Crippen MR) is 53.4 cm³/mol. The molecule has 0 atom stereocenters. The third kappa shape index (κ3) is 1.57. The molecule has 13 heavy (non-hydrogen) atoms. The molecular weight excluding hydrogens is 232 g/mol. The van der Waals surface area contributed by atoms with Crippen molar-refractivity contribution < 1.29 is 0 Å². The quantitative estimate of drug-likeness (QED) is 0.853. The van der Waals surface area contributed by atoms with Gasteiger partial charge >= 0.3 is 0 Å². The molecule has 0 saturated heterocycles. The molecule has 0 unspecified atom stereocenters. The smallest absolute Gasteiger partial charge is 0.204 e. The Morgan fingerprint density at radius 2 is 2.23 bits per heavy atom. The first-order valence-electron chi connectivity index (χ1n) is 4.00. The molecule has 68 valence electrons. The Bertz CT molecular complexity index is 423. The summed E-state index contributed by atoms with van der Waals surface area (Å²) in [6.07, 6.45) is 2.87. The number of nitrogens with zero attached hydrogens (tertiary/aromatic N) is 3. The van der Waals surface area contributed by atoms with E-state index in [0.29, 0.717) is 6.54 Å². The Balaban J connectivity index is 2.53. The van der Waals surface area contributed by atoms with Crippen molar-refractivity contribution in [3.8, 4) is 0 Å². The molecular formula is C8H9BrN4. The Kier molecular flexibility index (Phi) is 2.28. The van der Waals surface area contributed by atoms with E-state index in [0.717, 1.165) is 16.8 Å². The standard InChI is InChI=1S/C8H9BrN4/c9-8-12-11-7-2-1-6(3-4-10)5-13(7)8/h1-2,5H,3-4,10H2. The lowest BCUT2D eigenvalue weighted by atomic mass is 10.2. The largest absolute Gasteiger partial charge is 0.330 e. The first kappa shape index (κ1) is 8.65. The average Bonchev–Trinajstić information content (AvgIpc) is 2.49. The van der Waals surface area contributed by atoms with Gasteiger partial charge in [0.1, 0.15) is 0 Å². The highest BCUT2D eigenvalue weighted by atomic mass is 79.9. The Hall–Kier alpha value is -0.940. The summed E-state index contributed by atoms with van der Waals surface area (Å²) in [4.78, 5) is 0. The van der Waals surface area contributed by atoms with Gasteiger partial charge in [0.05, 0.1) is 0 Å². The van der Waals surface area contributed by atoms with Crippen LogP contribution in [-0.4, -0.2) is 21.1 Å². The molecule has 0 bridgehead atoms. The van der Waals surface area contributed by atoms with Crippen LogP contribution in [0.25, 0.3) is 5.65 Å². The van der Waals surface area contributed by atoms with Crippen LogP contribution < -0.4 is 5.73 Å². The number of nitrogens with two attached hydrogens (primary N) is 1. The van der Waals surface area contributed by atoms with Gasteiger partial charge in [-0.25, -0.2) is 0 Å². The molecule has 0 saturated carbocycles.